The van der Waals surface area contributed by atoms with Crippen molar-refractivity contribution in [2.45, 2.75) is 45.3 Å². The second-order valence-electron chi connectivity index (χ2n) is 3.91. The molecule has 6 nitrogen and oxygen atoms in total. The number of hydrogen-bond donors (Lipinski definition) is 4. The predicted octanol–water partition coefficient (Wildman–Crippen LogP) is -0.284. The molecule has 0 spiro atoms. The molecule has 0 aromatic rings. The molecule has 0 bridgehead atoms. The molecule has 0 aromatic carbocycles. The number of nitrogens with one attached hydrogen (secondary N) is 2. The highest BCUT2D eigenvalue weighted by Gasteiger charge is 2.14. The summed E-state index contributed by atoms with van der Waals surface area (Å²) < 4.78 is 0. The van der Waals surface area contributed by atoms with Gasteiger partial charge in [-0.1, -0.05) is 6.92 Å². The molecule has 0 saturated carbocycles. The molecule has 0 aliphatic rings. The number of likely N-dealkylation sites (N-methyl/N-ethyl adjacent to an activating group) is 1. The van der Waals surface area contributed by atoms with E-state index >= 15 is 0 Å². The van der Waals surface area contributed by atoms with Gasteiger partial charge in [-0.2, -0.15) is 0 Å². The Bertz CT molecular complexity index is 244. The van der Waals surface area contributed by atoms with Crippen LogP contribution in [-0.4, -0.2) is 47.3 Å². The number of carboxylic acid groups (broad SMARTS) is 1. The van der Waals surface area contributed by atoms with Crippen molar-refractivity contribution < 1.29 is 19.8 Å². The Balaban J connectivity index is 3.62. The number of aliphatic hydroxyl groups excluding tert-OH is 1. The smallest absolute Gasteiger partial charge is 0.320 e. The summed E-state index contributed by atoms with van der Waals surface area (Å²) >= 11 is 0. The van der Waals surface area contributed by atoms with Crippen molar-refractivity contribution in [1.82, 2.24) is 10.6 Å². The third-order valence-corrected chi connectivity index (χ3v) is 2.35. The zero-order chi connectivity index (χ0) is 13.3. The highest BCUT2D eigenvalue weighted by molar-refractivity contribution is 5.79. The van der Waals surface area contributed by atoms with Crippen LogP contribution in [0.3, 0.4) is 0 Å². The number of aliphatic carboxylic acids is 1. The maximum atomic E-state index is 11.0. The van der Waals surface area contributed by atoms with Crippen LogP contribution in [0.5, 0.6) is 0 Å². The van der Waals surface area contributed by atoms with Crippen molar-refractivity contribution in [2.24, 2.45) is 0 Å². The van der Waals surface area contributed by atoms with Gasteiger partial charge in [-0.25, -0.2) is 0 Å². The van der Waals surface area contributed by atoms with Gasteiger partial charge in [-0.3, -0.25) is 9.59 Å². The number of amides is 1. The first-order valence-electron chi connectivity index (χ1n) is 5.91. The molecule has 1 amide bonds. The van der Waals surface area contributed by atoms with Crippen LogP contribution in [0.15, 0.2) is 0 Å². The maximum absolute atomic E-state index is 11.0. The molecule has 0 aliphatic heterocycles. The van der Waals surface area contributed by atoms with Crippen molar-refractivity contribution >= 4 is 11.9 Å². The van der Waals surface area contributed by atoms with Crippen LogP contribution in [-0.2, 0) is 9.59 Å². The molecule has 6 heteroatoms. The van der Waals surface area contributed by atoms with Crippen LogP contribution in [0.4, 0.5) is 0 Å². The Morgan fingerprint density at radius 3 is 2.41 bits per heavy atom. The third-order valence-electron chi connectivity index (χ3n) is 2.35. The second-order valence-corrected chi connectivity index (χ2v) is 3.91. The first-order valence-corrected chi connectivity index (χ1v) is 5.91. The number of unbranched alkanes of at least 4 members (excludes halogenated alkanes) is 1. The van der Waals surface area contributed by atoms with Gasteiger partial charge in [0.05, 0.1) is 0 Å². The molecule has 17 heavy (non-hydrogen) atoms. The molecule has 0 aliphatic carbocycles. The van der Waals surface area contributed by atoms with Gasteiger partial charge >= 0.3 is 5.97 Å². The Labute approximate surface area is 101 Å². The fourth-order valence-corrected chi connectivity index (χ4v) is 1.39. The van der Waals surface area contributed by atoms with Crippen LogP contribution in [0.2, 0.25) is 0 Å². The van der Waals surface area contributed by atoms with Gasteiger partial charge < -0.3 is 20.8 Å². The topological polar surface area (TPSA) is 98.7 Å². The third kappa shape index (κ3) is 7.70. The maximum Gasteiger partial charge on any atom is 0.320 e. The molecular weight excluding hydrogens is 224 g/mol. The van der Waals surface area contributed by atoms with Crippen molar-refractivity contribution in [3.63, 3.8) is 0 Å². The van der Waals surface area contributed by atoms with Crippen molar-refractivity contribution in [3.8, 4) is 0 Å². The van der Waals surface area contributed by atoms with E-state index in [1.807, 2.05) is 6.92 Å². The molecular formula is C11H22N2O4. The van der Waals surface area contributed by atoms with Crippen molar-refractivity contribution in [1.29, 1.82) is 0 Å². The number of hydrogen-bond acceptors (Lipinski definition) is 4. The summed E-state index contributed by atoms with van der Waals surface area (Å²) in [4.78, 5) is 21.8. The SMILES string of the molecule is CCN[C@@H](CCCCNC(=O)[C@H](C)O)C(=O)O. The van der Waals surface area contributed by atoms with Gasteiger partial charge in [-0.05, 0) is 32.7 Å². The first kappa shape index (κ1) is 15.9. The van der Waals surface area contributed by atoms with E-state index in [-0.39, 0.29) is 0 Å². The van der Waals surface area contributed by atoms with E-state index in [0.717, 1.165) is 0 Å². The molecule has 0 rings (SSSR count). The Morgan fingerprint density at radius 2 is 1.94 bits per heavy atom. The lowest BCUT2D eigenvalue weighted by Crippen LogP contribution is -2.37. The highest BCUT2D eigenvalue weighted by Crippen LogP contribution is 2.00. The number of carbonyl (C=O) groups excluding carboxylic acids is 1. The van der Waals surface area contributed by atoms with E-state index in [0.29, 0.717) is 32.4 Å². The molecule has 0 saturated heterocycles. The molecule has 0 unspecified atom stereocenters. The minimum absolute atomic E-state index is 0.397. The average Bonchev–Trinajstić information content (AvgIpc) is 2.26. The lowest BCUT2D eigenvalue weighted by atomic mass is 10.1. The quantitative estimate of drug-likeness (QED) is 0.419. The molecule has 2 atom stereocenters. The van der Waals surface area contributed by atoms with Gasteiger partial charge in [-0.15, -0.1) is 0 Å². The number of aliphatic hydroxyl groups is 1. The Morgan fingerprint density at radius 1 is 1.29 bits per heavy atom. The second kappa shape index (κ2) is 8.95. The summed E-state index contributed by atoms with van der Waals surface area (Å²) in [7, 11) is 0. The molecule has 4 N–H and O–H groups in total. The number of carboxylic acids is 1. The normalized spacial score (nSPS) is 14.1. The van der Waals surface area contributed by atoms with Crippen LogP contribution in [0, 0.1) is 0 Å². The van der Waals surface area contributed by atoms with Crippen LogP contribution < -0.4 is 10.6 Å². The molecule has 0 fully saturated rings. The minimum atomic E-state index is -0.997. The van der Waals surface area contributed by atoms with E-state index in [9.17, 15) is 9.59 Å². The van der Waals surface area contributed by atoms with Crippen LogP contribution in [0.1, 0.15) is 33.1 Å². The largest absolute Gasteiger partial charge is 0.480 e. The van der Waals surface area contributed by atoms with Crippen LogP contribution >= 0.6 is 0 Å². The monoisotopic (exact) mass is 246 g/mol. The lowest BCUT2D eigenvalue weighted by Gasteiger charge is -2.13. The van der Waals surface area contributed by atoms with E-state index in [4.69, 9.17) is 10.2 Å². The summed E-state index contributed by atoms with van der Waals surface area (Å²) in [6, 6.07) is -0.521. The van der Waals surface area contributed by atoms with E-state index < -0.39 is 24.0 Å². The molecule has 0 aromatic heterocycles. The Kier molecular flexibility index (Phi) is 8.35. The fourth-order valence-electron chi connectivity index (χ4n) is 1.39. The predicted molar refractivity (Wildman–Crippen MR) is 63.6 cm³/mol. The standard InChI is InChI=1S/C11H22N2O4/c1-3-12-9(11(16)17)6-4-5-7-13-10(15)8(2)14/h8-9,12,14H,3-7H2,1-2H3,(H,13,15)(H,16,17)/t8-,9-/m0/s1. The van der Waals surface area contributed by atoms with Gasteiger partial charge in [0, 0.05) is 6.54 Å². The van der Waals surface area contributed by atoms with E-state index in [1.165, 1.54) is 6.92 Å². The van der Waals surface area contributed by atoms with Gasteiger partial charge in [0.2, 0.25) is 5.91 Å². The summed E-state index contributed by atoms with van der Waals surface area (Å²) in [5.41, 5.74) is 0. The van der Waals surface area contributed by atoms with E-state index in [1.54, 1.807) is 0 Å². The van der Waals surface area contributed by atoms with Crippen molar-refractivity contribution in [3.05, 3.63) is 0 Å². The minimum Gasteiger partial charge on any atom is -0.480 e. The summed E-state index contributed by atoms with van der Waals surface area (Å²) in [6.07, 6.45) is 0.953. The molecule has 100 valence electrons. The molecule has 0 radical (unpaired) electrons. The first-order chi connectivity index (χ1) is 7.99. The van der Waals surface area contributed by atoms with E-state index in [2.05, 4.69) is 10.6 Å². The zero-order valence-corrected chi connectivity index (χ0v) is 10.4. The van der Waals surface area contributed by atoms with Crippen LogP contribution in [0.25, 0.3) is 0 Å². The summed E-state index contributed by atoms with van der Waals surface area (Å²) in [6.45, 7) is 4.34. The zero-order valence-electron chi connectivity index (χ0n) is 10.4. The number of carbonyl (C=O) groups is 2. The van der Waals surface area contributed by atoms with Gasteiger partial charge in [0.25, 0.3) is 0 Å². The summed E-state index contributed by atoms with van der Waals surface area (Å²) in [5.74, 6) is -1.24. The van der Waals surface area contributed by atoms with Gasteiger partial charge in [0.1, 0.15) is 12.1 Å². The fraction of sp³-hybridized carbons (Fsp3) is 0.818. The summed E-state index contributed by atoms with van der Waals surface area (Å²) in [5, 5.41) is 23.2. The van der Waals surface area contributed by atoms with Gasteiger partial charge in [0.15, 0.2) is 0 Å². The Hall–Kier alpha value is -1.14. The average molecular weight is 246 g/mol. The molecule has 0 heterocycles. The highest BCUT2D eigenvalue weighted by atomic mass is 16.4. The number of rotatable bonds is 9. The lowest BCUT2D eigenvalue weighted by molar-refractivity contribution is -0.139. The van der Waals surface area contributed by atoms with Crippen molar-refractivity contribution in [2.75, 3.05) is 13.1 Å².